The normalized spacial score (nSPS) is 11.3. The predicted molar refractivity (Wildman–Crippen MR) is 95.9 cm³/mol. The zero-order valence-electron chi connectivity index (χ0n) is 14.9. The number of nitrogens with one attached hydrogen (secondary N) is 1. The first-order valence-electron chi connectivity index (χ1n) is 8.07. The van der Waals surface area contributed by atoms with Gasteiger partial charge in [0.2, 0.25) is 0 Å². The van der Waals surface area contributed by atoms with Crippen LogP contribution in [0.3, 0.4) is 0 Å². The van der Waals surface area contributed by atoms with Crippen molar-refractivity contribution in [3.63, 3.8) is 0 Å². The van der Waals surface area contributed by atoms with Gasteiger partial charge in [0, 0.05) is 12.0 Å². The highest BCUT2D eigenvalue weighted by Gasteiger charge is 2.23. The lowest BCUT2D eigenvalue weighted by atomic mass is 10.0. The van der Waals surface area contributed by atoms with Crippen molar-refractivity contribution in [1.29, 1.82) is 0 Å². The van der Waals surface area contributed by atoms with Crippen molar-refractivity contribution in [2.24, 2.45) is 0 Å². The second-order valence-electron chi connectivity index (χ2n) is 5.81. The number of methoxy groups -OCH3 is 2. The summed E-state index contributed by atoms with van der Waals surface area (Å²) in [4.78, 5) is 36.2. The molecule has 0 radical (unpaired) electrons. The van der Waals surface area contributed by atoms with E-state index in [9.17, 15) is 14.4 Å². The predicted octanol–water partition coefficient (Wildman–Crippen LogP) is 2.30. The Morgan fingerprint density at radius 1 is 0.962 bits per heavy atom. The van der Waals surface area contributed by atoms with Crippen molar-refractivity contribution in [2.45, 2.75) is 19.4 Å². The van der Waals surface area contributed by atoms with Gasteiger partial charge in [-0.1, -0.05) is 35.9 Å². The average Bonchev–Trinajstić information content (AvgIpc) is 2.67. The van der Waals surface area contributed by atoms with Crippen molar-refractivity contribution in [3.05, 3.63) is 70.8 Å². The van der Waals surface area contributed by atoms with Gasteiger partial charge in [-0.25, -0.2) is 9.59 Å². The molecule has 26 heavy (non-hydrogen) atoms. The molecule has 0 saturated heterocycles. The van der Waals surface area contributed by atoms with Crippen LogP contribution in [-0.2, 0) is 20.7 Å². The minimum absolute atomic E-state index is 0.255. The molecule has 0 saturated carbocycles. The Kier molecular flexibility index (Phi) is 6.49. The molecular formula is C20H21NO5. The number of esters is 2. The summed E-state index contributed by atoms with van der Waals surface area (Å²) in [6.45, 7) is 1.97. The molecule has 0 unspecified atom stereocenters. The third-order valence-electron chi connectivity index (χ3n) is 3.90. The van der Waals surface area contributed by atoms with E-state index in [4.69, 9.17) is 4.74 Å². The Morgan fingerprint density at radius 3 is 2.23 bits per heavy atom. The standard InChI is InChI=1S/C20H21NO5/c1-13-7-9-14(10-8-13)11-17(20(24)26-3)21-18(22)15-5-4-6-16(12-15)19(23)25-2/h4-10,12,17H,11H2,1-3H3,(H,21,22)/t17-/m0/s1. The number of aryl methyl sites for hydroxylation is 1. The minimum Gasteiger partial charge on any atom is -0.467 e. The second kappa shape index (κ2) is 8.80. The molecule has 2 aromatic rings. The van der Waals surface area contributed by atoms with Crippen molar-refractivity contribution < 1.29 is 23.9 Å². The molecule has 1 N–H and O–H groups in total. The number of carbonyl (C=O) groups is 3. The third-order valence-corrected chi connectivity index (χ3v) is 3.90. The van der Waals surface area contributed by atoms with Gasteiger partial charge in [-0.2, -0.15) is 0 Å². The zero-order chi connectivity index (χ0) is 19.1. The summed E-state index contributed by atoms with van der Waals surface area (Å²) in [5.74, 6) is -1.55. The van der Waals surface area contributed by atoms with E-state index in [0.29, 0.717) is 6.42 Å². The van der Waals surface area contributed by atoms with Gasteiger partial charge < -0.3 is 14.8 Å². The molecule has 0 aliphatic heterocycles. The Balaban J connectivity index is 2.17. The number of rotatable bonds is 6. The van der Waals surface area contributed by atoms with Crippen LogP contribution < -0.4 is 5.32 Å². The molecule has 6 heteroatoms. The van der Waals surface area contributed by atoms with Gasteiger partial charge >= 0.3 is 11.9 Å². The average molecular weight is 355 g/mol. The highest BCUT2D eigenvalue weighted by atomic mass is 16.5. The van der Waals surface area contributed by atoms with Gasteiger partial charge in [0.05, 0.1) is 19.8 Å². The van der Waals surface area contributed by atoms with Crippen LogP contribution in [-0.4, -0.2) is 38.1 Å². The Morgan fingerprint density at radius 2 is 1.62 bits per heavy atom. The number of ether oxygens (including phenoxy) is 2. The number of hydrogen-bond donors (Lipinski definition) is 1. The van der Waals surface area contributed by atoms with E-state index in [2.05, 4.69) is 10.1 Å². The molecule has 0 spiro atoms. The fraction of sp³-hybridized carbons (Fsp3) is 0.250. The van der Waals surface area contributed by atoms with Gasteiger partial charge in [-0.05, 0) is 30.7 Å². The molecule has 0 aliphatic carbocycles. The quantitative estimate of drug-likeness (QED) is 0.804. The fourth-order valence-electron chi connectivity index (χ4n) is 2.44. The van der Waals surface area contributed by atoms with E-state index in [1.165, 1.54) is 20.3 Å². The van der Waals surface area contributed by atoms with Crippen LogP contribution in [0.5, 0.6) is 0 Å². The number of hydrogen-bond acceptors (Lipinski definition) is 5. The van der Waals surface area contributed by atoms with E-state index in [1.54, 1.807) is 18.2 Å². The summed E-state index contributed by atoms with van der Waals surface area (Å²) < 4.78 is 9.45. The van der Waals surface area contributed by atoms with E-state index >= 15 is 0 Å². The Bertz CT molecular complexity index is 798. The van der Waals surface area contributed by atoms with Crippen LogP contribution in [0.4, 0.5) is 0 Å². The first kappa shape index (κ1) is 19.2. The summed E-state index contributed by atoms with van der Waals surface area (Å²) in [5.41, 5.74) is 2.51. The highest BCUT2D eigenvalue weighted by Crippen LogP contribution is 2.10. The molecule has 6 nitrogen and oxygen atoms in total. The highest BCUT2D eigenvalue weighted by molar-refractivity contribution is 5.99. The summed E-state index contributed by atoms with van der Waals surface area (Å²) in [6, 6.07) is 12.9. The maximum Gasteiger partial charge on any atom is 0.337 e. The molecular weight excluding hydrogens is 334 g/mol. The fourth-order valence-corrected chi connectivity index (χ4v) is 2.44. The molecule has 0 heterocycles. The molecule has 2 aromatic carbocycles. The smallest absolute Gasteiger partial charge is 0.337 e. The van der Waals surface area contributed by atoms with E-state index in [-0.39, 0.29) is 11.1 Å². The van der Waals surface area contributed by atoms with Crippen molar-refractivity contribution in [3.8, 4) is 0 Å². The molecule has 0 bridgehead atoms. The zero-order valence-corrected chi connectivity index (χ0v) is 14.9. The lowest BCUT2D eigenvalue weighted by Crippen LogP contribution is -2.43. The molecule has 1 amide bonds. The summed E-state index contributed by atoms with van der Waals surface area (Å²) in [7, 11) is 2.54. The molecule has 0 fully saturated rings. The SMILES string of the molecule is COC(=O)c1cccc(C(=O)N[C@@H](Cc2ccc(C)cc2)C(=O)OC)c1. The van der Waals surface area contributed by atoms with Crippen molar-refractivity contribution in [2.75, 3.05) is 14.2 Å². The number of carbonyl (C=O) groups excluding carboxylic acids is 3. The maximum atomic E-state index is 12.5. The first-order chi connectivity index (χ1) is 12.4. The van der Waals surface area contributed by atoms with Gasteiger partial charge in [0.1, 0.15) is 6.04 Å². The van der Waals surface area contributed by atoms with Crippen LogP contribution in [0.15, 0.2) is 48.5 Å². The maximum absolute atomic E-state index is 12.5. The lowest BCUT2D eigenvalue weighted by molar-refractivity contribution is -0.142. The third kappa shape index (κ3) is 4.92. The number of benzene rings is 2. The summed E-state index contributed by atoms with van der Waals surface area (Å²) >= 11 is 0. The van der Waals surface area contributed by atoms with Crippen LogP contribution in [0.2, 0.25) is 0 Å². The van der Waals surface area contributed by atoms with E-state index < -0.39 is 23.9 Å². The monoisotopic (exact) mass is 355 g/mol. The van der Waals surface area contributed by atoms with Crippen molar-refractivity contribution >= 4 is 17.8 Å². The van der Waals surface area contributed by atoms with Crippen LogP contribution >= 0.6 is 0 Å². The second-order valence-corrected chi connectivity index (χ2v) is 5.81. The topological polar surface area (TPSA) is 81.7 Å². The van der Waals surface area contributed by atoms with E-state index in [0.717, 1.165) is 11.1 Å². The van der Waals surface area contributed by atoms with Crippen LogP contribution in [0, 0.1) is 6.92 Å². The van der Waals surface area contributed by atoms with Gasteiger partial charge in [-0.15, -0.1) is 0 Å². The Labute approximate surface area is 152 Å². The number of amides is 1. The first-order valence-corrected chi connectivity index (χ1v) is 8.07. The van der Waals surface area contributed by atoms with Gasteiger partial charge in [0.25, 0.3) is 5.91 Å². The van der Waals surface area contributed by atoms with Crippen molar-refractivity contribution in [1.82, 2.24) is 5.32 Å². The molecule has 0 aliphatic rings. The molecule has 2 rings (SSSR count). The Hall–Kier alpha value is -3.15. The van der Waals surface area contributed by atoms with E-state index in [1.807, 2.05) is 31.2 Å². The molecule has 1 atom stereocenters. The minimum atomic E-state index is -0.836. The van der Waals surface area contributed by atoms with Crippen LogP contribution in [0.25, 0.3) is 0 Å². The van der Waals surface area contributed by atoms with Gasteiger partial charge in [0.15, 0.2) is 0 Å². The summed E-state index contributed by atoms with van der Waals surface area (Å²) in [5, 5.41) is 2.67. The lowest BCUT2D eigenvalue weighted by Gasteiger charge is -2.17. The summed E-state index contributed by atoms with van der Waals surface area (Å²) in [6.07, 6.45) is 0.301. The molecule has 136 valence electrons. The largest absolute Gasteiger partial charge is 0.467 e. The van der Waals surface area contributed by atoms with Gasteiger partial charge in [-0.3, -0.25) is 4.79 Å². The molecule has 0 aromatic heterocycles. The van der Waals surface area contributed by atoms with Crippen LogP contribution in [0.1, 0.15) is 31.8 Å².